The molecule has 1 fully saturated rings. The molecule has 0 spiro atoms. The van der Waals surface area contributed by atoms with Gasteiger partial charge >= 0.3 is 0 Å². The molecule has 1 aliphatic carbocycles. The Morgan fingerprint density at radius 1 is 1.13 bits per heavy atom. The van der Waals surface area contributed by atoms with Crippen LogP contribution in [-0.2, 0) is 0 Å². The number of aliphatic hydroxyl groups is 2. The third kappa shape index (κ3) is 3.62. The van der Waals surface area contributed by atoms with Crippen LogP contribution in [0.3, 0.4) is 0 Å². The van der Waals surface area contributed by atoms with Crippen LogP contribution in [-0.4, -0.2) is 22.4 Å². The topological polar surface area (TPSA) is 40.5 Å². The van der Waals surface area contributed by atoms with Gasteiger partial charge in [0, 0.05) is 0 Å². The summed E-state index contributed by atoms with van der Waals surface area (Å²) in [6.07, 6.45) is 8.74. The summed E-state index contributed by atoms with van der Waals surface area (Å²) in [7, 11) is 0. The minimum absolute atomic E-state index is 0.250. The molecule has 0 aromatic rings. The van der Waals surface area contributed by atoms with Crippen LogP contribution >= 0.6 is 0 Å². The number of allylic oxidation sites excluding steroid dienone is 2. The molecular weight excluding hydrogens is 188 g/mol. The summed E-state index contributed by atoms with van der Waals surface area (Å²) in [6.45, 7) is 4.21. The second kappa shape index (κ2) is 6.29. The number of hydrogen-bond acceptors (Lipinski definition) is 2. The lowest BCUT2D eigenvalue weighted by atomic mass is 9.91. The highest BCUT2D eigenvalue weighted by molar-refractivity contribution is 4.91. The van der Waals surface area contributed by atoms with Crippen LogP contribution in [0.25, 0.3) is 0 Å². The van der Waals surface area contributed by atoms with Crippen molar-refractivity contribution in [1.82, 2.24) is 0 Å². The standard InChI is InChI=1S/C13H24O2/c1-3-4-5-6-7-8-11-10(2)12(14)9-13(11)15/h5-6,10-15H,3-4,7-9H2,1-2H3/b6-5-/t10-,11-,12-,13+/m1/s1. The average Bonchev–Trinajstić information content (AvgIpc) is 2.44. The Hall–Kier alpha value is -0.340. The maximum Gasteiger partial charge on any atom is 0.0596 e. The number of aliphatic hydroxyl groups excluding tert-OH is 2. The minimum Gasteiger partial charge on any atom is -0.393 e. The van der Waals surface area contributed by atoms with E-state index in [1.165, 1.54) is 6.42 Å². The molecule has 1 rings (SSSR count). The zero-order chi connectivity index (χ0) is 11.3. The summed E-state index contributed by atoms with van der Waals surface area (Å²) in [5, 5.41) is 19.3. The van der Waals surface area contributed by atoms with Gasteiger partial charge in [-0.15, -0.1) is 0 Å². The Labute approximate surface area is 93.0 Å². The van der Waals surface area contributed by atoms with E-state index in [4.69, 9.17) is 0 Å². The van der Waals surface area contributed by atoms with Crippen molar-refractivity contribution in [3.63, 3.8) is 0 Å². The fraction of sp³-hybridized carbons (Fsp3) is 0.846. The summed E-state index contributed by atoms with van der Waals surface area (Å²) < 4.78 is 0. The zero-order valence-corrected chi connectivity index (χ0v) is 9.89. The molecule has 0 aliphatic heterocycles. The first-order valence-corrected chi connectivity index (χ1v) is 6.18. The van der Waals surface area contributed by atoms with E-state index in [9.17, 15) is 10.2 Å². The first-order valence-electron chi connectivity index (χ1n) is 6.18. The zero-order valence-electron chi connectivity index (χ0n) is 9.89. The van der Waals surface area contributed by atoms with Crippen molar-refractivity contribution in [2.24, 2.45) is 11.8 Å². The van der Waals surface area contributed by atoms with E-state index < -0.39 is 0 Å². The molecule has 88 valence electrons. The van der Waals surface area contributed by atoms with Crippen LogP contribution < -0.4 is 0 Å². The van der Waals surface area contributed by atoms with Gasteiger partial charge < -0.3 is 10.2 Å². The molecule has 0 heterocycles. The van der Waals surface area contributed by atoms with Crippen LogP contribution in [0.1, 0.15) is 46.0 Å². The lowest BCUT2D eigenvalue weighted by Crippen LogP contribution is -2.19. The molecule has 2 heteroatoms. The van der Waals surface area contributed by atoms with Crippen LogP contribution in [0.4, 0.5) is 0 Å². The first kappa shape index (κ1) is 12.7. The molecule has 1 aliphatic rings. The minimum atomic E-state index is -0.301. The molecule has 0 radical (unpaired) electrons. The second-order valence-electron chi connectivity index (χ2n) is 4.73. The summed E-state index contributed by atoms with van der Waals surface area (Å²) in [6, 6.07) is 0. The van der Waals surface area contributed by atoms with Gasteiger partial charge in [0.1, 0.15) is 0 Å². The predicted molar refractivity (Wildman–Crippen MR) is 62.6 cm³/mol. The van der Waals surface area contributed by atoms with Gasteiger partial charge in [-0.05, 0) is 37.5 Å². The van der Waals surface area contributed by atoms with Gasteiger partial charge in [-0.25, -0.2) is 0 Å². The first-order chi connectivity index (χ1) is 7.16. The van der Waals surface area contributed by atoms with Crippen LogP contribution in [0.15, 0.2) is 12.2 Å². The van der Waals surface area contributed by atoms with E-state index in [1.807, 2.05) is 6.92 Å². The van der Waals surface area contributed by atoms with Gasteiger partial charge in [-0.2, -0.15) is 0 Å². The van der Waals surface area contributed by atoms with Gasteiger partial charge in [0.25, 0.3) is 0 Å². The van der Waals surface area contributed by atoms with Crippen molar-refractivity contribution in [3.05, 3.63) is 12.2 Å². The van der Waals surface area contributed by atoms with Crippen molar-refractivity contribution in [2.45, 2.75) is 58.2 Å². The Balaban J connectivity index is 2.26. The molecule has 0 bridgehead atoms. The van der Waals surface area contributed by atoms with Crippen molar-refractivity contribution in [1.29, 1.82) is 0 Å². The fourth-order valence-electron chi connectivity index (χ4n) is 2.42. The van der Waals surface area contributed by atoms with Crippen LogP contribution in [0.2, 0.25) is 0 Å². The summed E-state index contributed by atoms with van der Waals surface area (Å²) in [4.78, 5) is 0. The van der Waals surface area contributed by atoms with Crippen molar-refractivity contribution >= 4 is 0 Å². The SMILES string of the molecule is CCC/C=C\CC[C@@H]1[C@@H](C)[C@H](O)C[C@@H]1O. The van der Waals surface area contributed by atoms with Crippen LogP contribution in [0, 0.1) is 11.8 Å². The van der Waals surface area contributed by atoms with Gasteiger partial charge in [0.05, 0.1) is 12.2 Å². The third-order valence-corrected chi connectivity index (χ3v) is 3.55. The van der Waals surface area contributed by atoms with Crippen molar-refractivity contribution < 1.29 is 10.2 Å². The number of rotatable bonds is 5. The molecule has 4 atom stereocenters. The van der Waals surface area contributed by atoms with Crippen molar-refractivity contribution in [2.75, 3.05) is 0 Å². The van der Waals surface area contributed by atoms with E-state index in [0.717, 1.165) is 19.3 Å². The molecule has 0 unspecified atom stereocenters. The molecule has 0 saturated heterocycles. The number of unbranched alkanes of at least 4 members (excludes halogenated alkanes) is 1. The van der Waals surface area contributed by atoms with E-state index in [0.29, 0.717) is 6.42 Å². The maximum absolute atomic E-state index is 9.75. The Morgan fingerprint density at radius 2 is 1.80 bits per heavy atom. The van der Waals surface area contributed by atoms with E-state index in [1.54, 1.807) is 0 Å². The average molecular weight is 212 g/mol. The normalized spacial score (nSPS) is 36.5. The molecule has 1 saturated carbocycles. The van der Waals surface area contributed by atoms with Gasteiger partial charge in [0.15, 0.2) is 0 Å². The Morgan fingerprint density at radius 3 is 2.33 bits per heavy atom. The molecular formula is C13H24O2. The summed E-state index contributed by atoms with van der Waals surface area (Å²) in [5.74, 6) is 0.533. The van der Waals surface area contributed by atoms with Gasteiger partial charge in [-0.3, -0.25) is 0 Å². The Kier molecular flexibility index (Phi) is 5.34. The second-order valence-corrected chi connectivity index (χ2v) is 4.73. The molecule has 2 N–H and O–H groups in total. The van der Waals surface area contributed by atoms with Gasteiger partial charge in [0.2, 0.25) is 0 Å². The summed E-state index contributed by atoms with van der Waals surface area (Å²) >= 11 is 0. The third-order valence-electron chi connectivity index (χ3n) is 3.55. The van der Waals surface area contributed by atoms with Crippen LogP contribution in [0.5, 0.6) is 0 Å². The highest BCUT2D eigenvalue weighted by Crippen LogP contribution is 2.35. The summed E-state index contributed by atoms with van der Waals surface area (Å²) in [5.41, 5.74) is 0. The van der Waals surface area contributed by atoms with E-state index in [2.05, 4.69) is 19.1 Å². The highest BCUT2D eigenvalue weighted by atomic mass is 16.3. The fourth-order valence-corrected chi connectivity index (χ4v) is 2.42. The molecule has 15 heavy (non-hydrogen) atoms. The van der Waals surface area contributed by atoms with Crippen molar-refractivity contribution in [3.8, 4) is 0 Å². The quantitative estimate of drug-likeness (QED) is 0.687. The molecule has 2 nitrogen and oxygen atoms in total. The lowest BCUT2D eigenvalue weighted by molar-refractivity contribution is 0.115. The largest absolute Gasteiger partial charge is 0.393 e. The maximum atomic E-state index is 9.75. The molecule has 0 aromatic carbocycles. The monoisotopic (exact) mass is 212 g/mol. The Bertz CT molecular complexity index is 201. The smallest absolute Gasteiger partial charge is 0.0596 e. The lowest BCUT2D eigenvalue weighted by Gasteiger charge is -2.18. The molecule has 0 aromatic heterocycles. The molecule has 0 amide bonds. The van der Waals surface area contributed by atoms with E-state index in [-0.39, 0.29) is 24.0 Å². The van der Waals surface area contributed by atoms with E-state index >= 15 is 0 Å². The predicted octanol–water partition coefficient (Wildman–Crippen LogP) is 2.50. The van der Waals surface area contributed by atoms with Gasteiger partial charge in [-0.1, -0.05) is 32.4 Å². The number of hydrogen-bond donors (Lipinski definition) is 2. The highest BCUT2D eigenvalue weighted by Gasteiger charge is 2.37.